The van der Waals surface area contributed by atoms with Gasteiger partial charge in [0.05, 0.1) is 0 Å². The third-order valence-corrected chi connectivity index (χ3v) is 4.44. The van der Waals surface area contributed by atoms with Gasteiger partial charge in [-0.1, -0.05) is 47.9 Å². The molecule has 0 aliphatic heterocycles. The maximum absolute atomic E-state index is 5.88. The van der Waals surface area contributed by atoms with Gasteiger partial charge >= 0.3 is 0 Å². The number of hydrogen-bond donors (Lipinski definition) is 2. The van der Waals surface area contributed by atoms with Crippen molar-refractivity contribution < 1.29 is 0 Å². The molecule has 1 atom stereocenters. The molecule has 1 N–H and O–H groups in total. The second kappa shape index (κ2) is 9.15. The molecule has 0 unspecified atom stereocenters. The Morgan fingerprint density at radius 1 is 1.29 bits per heavy atom. The number of unbranched alkanes of at least 4 members (excludes halogenated alkanes) is 1. The highest BCUT2D eigenvalue weighted by molar-refractivity contribution is 8.68. The Labute approximate surface area is 119 Å². The Kier molecular flexibility index (Phi) is 8.19. The fourth-order valence-electron chi connectivity index (χ4n) is 1.62. The molecule has 0 saturated heterocycles. The molecule has 0 aliphatic carbocycles. The van der Waals surface area contributed by atoms with Gasteiger partial charge in [0.2, 0.25) is 0 Å². The summed E-state index contributed by atoms with van der Waals surface area (Å²) in [5.74, 6) is 0. The first-order valence-corrected chi connectivity index (χ1v) is 8.35. The molecule has 1 nitrogen and oxygen atoms in total. The van der Waals surface area contributed by atoms with Gasteiger partial charge in [-0.05, 0) is 43.6 Å². The molecule has 0 fully saturated rings. The van der Waals surface area contributed by atoms with Gasteiger partial charge in [0.25, 0.3) is 0 Å². The van der Waals surface area contributed by atoms with Crippen molar-refractivity contribution in [1.29, 1.82) is 0 Å². The molecular formula is C13H20ClNS2. The van der Waals surface area contributed by atoms with Crippen molar-refractivity contribution in [2.45, 2.75) is 31.4 Å². The normalized spacial score (nSPS) is 12.6. The summed E-state index contributed by atoms with van der Waals surface area (Å²) in [6, 6.07) is 8.06. The van der Waals surface area contributed by atoms with Gasteiger partial charge in [-0.15, -0.1) is 11.7 Å². The summed E-state index contributed by atoms with van der Waals surface area (Å²) in [5, 5.41) is 4.68. The van der Waals surface area contributed by atoms with Crippen LogP contribution < -0.4 is 5.32 Å². The maximum atomic E-state index is 5.88. The minimum absolute atomic E-state index is 0.435. The van der Waals surface area contributed by atoms with Crippen LogP contribution in [-0.4, -0.2) is 13.1 Å². The quantitative estimate of drug-likeness (QED) is 0.407. The highest BCUT2D eigenvalue weighted by Crippen LogP contribution is 2.34. The SMILES string of the molecule is CCCCNCC[C@H](SS)c1ccc(Cl)cc1. The van der Waals surface area contributed by atoms with E-state index in [-0.39, 0.29) is 0 Å². The predicted octanol–water partition coefficient (Wildman–Crippen LogP) is 4.74. The van der Waals surface area contributed by atoms with E-state index in [0.29, 0.717) is 5.25 Å². The first kappa shape index (κ1) is 15.2. The Hall–Kier alpha value is 0.170. The number of thiol groups is 1. The highest BCUT2D eigenvalue weighted by atomic mass is 35.5. The average molecular weight is 290 g/mol. The lowest BCUT2D eigenvalue weighted by Crippen LogP contribution is -2.17. The van der Waals surface area contributed by atoms with Crippen molar-refractivity contribution in [2.24, 2.45) is 0 Å². The number of halogens is 1. The third kappa shape index (κ3) is 6.05. The van der Waals surface area contributed by atoms with E-state index in [0.717, 1.165) is 24.5 Å². The number of hydrogen-bond acceptors (Lipinski definition) is 3. The standard InChI is InChI=1S/C13H20ClNS2/c1-2-3-9-15-10-8-13(17-16)11-4-6-12(14)7-5-11/h4-7,13,15-16H,2-3,8-10H2,1H3/t13-/m0/s1. The number of rotatable bonds is 8. The van der Waals surface area contributed by atoms with Crippen LogP contribution in [0.1, 0.15) is 37.0 Å². The van der Waals surface area contributed by atoms with E-state index >= 15 is 0 Å². The van der Waals surface area contributed by atoms with E-state index in [1.807, 2.05) is 12.1 Å². The van der Waals surface area contributed by atoms with Gasteiger partial charge in [-0.25, -0.2) is 0 Å². The van der Waals surface area contributed by atoms with Crippen molar-refractivity contribution in [3.05, 3.63) is 34.9 Å². The lowest BCUT2D eigenvalue weighted by Gasteiger charge is -2.14. The van der Waals surface area contributed by atoms with E-state index in [4.69, 9.17) is 11.6 Å². The van der Waals surface area contributed by atoms with Crippen LogP contribution in [0.2, 0.25) is 5.02 Å². The van der Waals surface area contributed by atoms with Crippen LogP contribution in [0.25, 0.3) is 0 Å². The molecule has 0 bridgehead atoms. The zero-order chi connectivity index (χ0) is 12.5. The average Bonchev–Trinajstić information content (AvgIpc) is 2.35. The van der Waals surface area contributed by atoms with E-state index < -0.39 is 0 Å². The van der Waals surface area contributed by atoms with Crippen LogP contribution in [0.4, 0.5) is 0 Å². The van der Waals surface area contributed by atoms with Gasteiger partial charge in [0, 0.05) is 10.3 Å². The summed E-state index contributed by atoms with van der Waals surface area (Å²) in [5.41, 5.74) is 1.30. The zero-order valence-electron chi connectivity index (χ0n) is 10.2. The minimum Gasteiger partial charge on any atom is -0.317 e. The zero-order valence-corrected chi connectivity index (χ0v) is 12.6. The smallest absolute Gasteiger partial charge is 0.0410 e. The Morgan fingerprint density at radius 2 is 2.00 bits per heavy atom. The molecule has 1 rings (SSSR count). The third-order valence-electron chi connectivity index (χ3n) is 2.66. The van der Waals surface area contributed by atoms with Gasteiger partial charge in [-0.2, -0.15) is 0 Å². The Balaban J connectivity index is 2.35. The summed E-state index contributed by atoms with van der Waals surface area (Å²) in [4.78, 5) is 0. The van der Waals surface area contributed by atoms with E-state index in [1.54, 1.807) is 10.8 Å². The van der Waals surface area contributed by atoms with Crippen LogP contribution in [0.15, 0.2) is 24.3 Å². The summed E-state index contributed by atoms with van der Waals surface area (Å²) in [7, 11) is 1.60. The van der Waals surface area contributed by atoms with E-state index in [2.05, 4.69) is 36.0 Å². The van der Waals surface area contributed by atoms with Gasteiger partial charge in [0.1, 0.15) is 0 Å². The summed E-state index contributed by atoms with van der Waals surface area (Å²) in [6.45, 7) is 4.36. The van der Waals surface area contributed by atoms with Crippen molar-refractivity contribution in [2.75, 3.05) is 13.1 Å². The fraction of sp³-hybridized carbons (Fsp3) is 0.538. The maximum Gasteiger partial charge on any atom is 0.0410 e. The topological polar surface area (TPSA) is 12.0 Å². The highest BCUT2D eigenvalue weighted by Gasteiger charge is 2.09. The van der Waals surface area contributed by atoms with E-state index in [9.17, 15) is 0 Å². The molecule has 1 aromatic rings. The fourth-order valence-corrected chi connectivity index (χ4v) is 2.93. The van der Waals surface area contributed by atoms with Gasteiger partial charge in [-0.3, -0.25) is 0 Å². The van der Waals surface area contributed by atoms with Crippen LogP contribution in [-0.2, 0) is 0 Å². The van der Waals surface area contributed by atoms with Crippen LogP contribution in [0, 0.1) is 0 Å². The molecule has 0 amide bonds. The second-order valence-corrected chi connectivity index (χ2v) is 5.89. The second-order valence-electron chi connectivity index (χ2n) is 4.04. The van der Waals surface area contributed by atoms with Crippen LogP contribution in [0.3, 0.4) is 0 Å². The number of benzene rings is 1. The molecule has 96 valence electrons. The summed E-state index contributed by atoms with van der Waals surface area (Å²) in [6.07, 6.45) is 3.59. The lowest BCUT2D eigenvalue weighted by atomic mass is 10.1. The first-order valence-electron chi connectivity index (χ1n) is 6.04. The molecule has 0 heterocycles. The first-order chi connectivity index (χ1) is 8.27. The van der Waals surface area contributed by atoms with Crippen molar-refractivity contribution in [3.8, 4) is 0 Å². The summed E-state index contributed by atoms with van der Waals surface area (Å²) >= 11 is 10.2. The molecule has 0 aromatic heterocycles. The summed E-state index contributed by atoms with van der Waals surface area (Å²) < 4.78 is 0. The lowest BCUT2D eigenvalue weighted by molar-refractivity contribution is 0.614. The Morgan fingerprint density at radius 3 is 2.59 bits per heavy atom. The molecule has 0 aliphatic rings. The van der Waals surface area contributed by atoms with E-state index in [1.165, 1.54) is 18.4 Å². The molecule has 0 saturated carbocycles. The van der Waals surface area contributed by atoms with Crippen molar-refractivity contribution in [3.63, 3.8) is 0 Å². The molecular weight excluding hydrogens is 270 g/mol. The molecule has 1 aromatic carbocycles. The van der Waals surface area contributed by atoms with Crippen LogP contribution in [0.5, 0.6) is 0 Å². The molecule has 17 heavy (non-hydrogen) atoms. The van der Waals surface area contributed by atoms with Crippen LogP contribution >= 0.6 is 34.1 Å². The van der Waals surface area contributed by atoms with Crippen molar-refractivity contribution >= 4 is 34.1 Å². The van der Waals surface area contributed by atoms with Gasteiger partial charge in [0.15, 0.2) is 0 Å². The minimum atomic E-state index is 0.435. The van der Waals surface area contributed by atoms with Gasteiger partial charge < -0.3 is 5.32 Å². The monoisotopic (exact) mass is 289 g/mol. The Bertz CT molecular complexity index is 303. The molecule has 4 heteroatoms. The molecule has 0 spiro atoms. The van der Waals surface area contributed by atoms with Crippen molar-refractivity contribution in [1.82, 2.24) is 5.32 Å². The molecule has 0 radical (unpaired) electrons. The number of nitrogens with one attached hydrogen (secondary N) is 1. The largest absolute Gasteiger partial charge is 0.317 e. The predicted molar refractivity (Wildman–Crippen MR) is 83.2 cm³/mol.